The SMILES string of the molecule is CCCC[C@H](F)C(=O)OC1CCC(c2ccc(-c3ncc(CCC)cn3)cc2)CC1. The number of carbonyl (C=O) groups excluding carboxylic acids is 1. The number of nitrogens with zero attached hydrogens (tertiary/aromatic N) is 2. The molecule has 0 saturated heterocycles. The van der Waals surface area contributed by atoms with Crippen LogP contribution in [0.15, 0.2) is 36.7 Å². The number of benzene rings is 1. The van der Waals surface area contributed by atoms with E-state index in [-0.39, 0.29) is 12.5 Å². The van der Waals surface area contributed by atoms with Crippen molar-refractivity contribution in [3.05, 3.63) is 47.8 Å². The Bertz CT molecular complexity index is 784. The molecule has 3 rings (SSSR count). The van der Waals surface area contributed by atoms with Gasteiger partial charge in [-0.05, 0) is 55.6 Å². The summed E-state index contributed by atoms with van der Waals surface area (Å²) >= 11 is 0. The normalized spacial score (nSPS) is 20.0. The highest BCUT2D eigenvalue weighted by Gasteiger charge is 2.27. The van der Waals surface area contributed by atoms with Gasteiger partial charge in [0.25, 0.3) is 0 Å². The minimum absolute atomic E-state index is 0.150. The van der Waals surface area contributed by atoms with E-state index in [4.69, 9.17) is 4.74 Å². The predicted molar refractivity (Wildman–Crippen MR) is 117 cm³/mol. The molecule has 1 fully saturated rings. The molecule has 0 radical (unpaired) electrons. The van der Waals surface area contributed by atoms with Crippen molar-refractivity contribution in [2.45, 2.75) is 89.8 Å². The fourth-order valence-electron chi connectivity index (χ4n) is 4.08. The van der Waals surface area contributed by atoms with Crippen LogP contribution >= 0.6 is 0 Å². The molecule has 0 spiro atoms. The van der Waals surface area contributed by atoms with Gasteiger partial charge in [-0.2, -0.15) is 0 Å². The number of ether oxygens (including phenoxy) is 1. The lowest BCUT2D eigenvalue weighted by Gasteiger charge is -2.29. The second kappa shape index (κ2) is 11.2. The molecule has 1 saturated carbocycles. The van der Waals surface area contributed by atoms with E-state index in [0.29, 0.717) is 12.3 Å². The average Bonchev–Trinajstić information content (AvgIpc) is 2.79. The average molecular weight is 413 g/mol. The predicted octanol–water partition coefficient (Wildman–Crippen LogP) is 6.19. The molecule has 0 amide bonds. The Kier molecular flexibility index (Phi) is 8.35. The zero-order valence-corrected chi connectivity index (χ0v) is 18.1. The number of hydrogen-bond acceptors (Lipinski definition) is 4. The number of esters is 1. The van der Waals surface area contributed by atoms with E-state index >= 15 is 0 Å². The molecule has 0 unspecified atom stereocenters. The number of aromatic nitrogens is 2. The van der Waals surface area contributed by atoms with Gasteiger partial charge in [0.15, 0.2) is 12.0 Å². The molecule has 1 atom stereocenters. The van der Waals surface area contributed by atoms with Crippen molar-refractivity contribution >= 4 is 5.97 Å². The van der Waals surface area contributed by atoms with Gasteiger partial charge in [0, 0.05) is 18.0 Å². The first-order valence-corrected chi connectivity index (χ1v) is 11.4. The summed E-state index contributed by atoms with van der Waals surface area (Å²) in [6.07, 6.45) is 9.63. The lowest BCUT2D eigenvalue weighted by molar-refractivity contribution is -0.157. The summed E-state index contributed by atoms with van der Waals surface area (Å²) in [5.74, 6) is 0.519. The molecule has 2 aromatic rings. The van der Waals surface area contributed by atoms with Crippen LogP contribution in [0.4, 0.5) is 4.39 Å². The highest BCUT2D eigenvalue weighted by atomic mass is 19.1. The highest BCUT2D eigenvalue weighted by molar-refractivity contribution is 5.74. The molecule has 4 nitrogen and oxygen atoms in total. The number of alkyl halides is 1. The van der Waals surface area contributed by atoms with Gasteiger partial charge in [-0.15, -0.1) is 0 Å². The molecule has 30 heavy (non-hydrogen) atoms. The molecule has 1 heterocycles. The Morgan fingerprint density at radius 2 is 1.73 bits per heavy atom. The topological polar surface area (TPSA) is 52.1 Å². The zero-order chi connectivity index (χ0) is 21.3. The van der Waals surface area contributed by atoms with E-state index in [1.807, 2.05) is 19.3 Å². The van der Waals surface area contributed by atoms with Crippen molar-refractivity contribution in [3.63, 3.8) is 0 Å². The summed E-state index contributed by atoms with van der Waals surface area (Å²) < 4.78 is 19.2. The third-order valence-electron chi connectivity index (χ3n) is 5.91. The molecule has 1 aliphatic rings. The molecule has 0 bridgehead atoms. The third-order valence-corrected chi connectivity index (χ3v) is 5.91. The maximum atomic E-state index is 13.8. The van der Waals surface area contributed by atoms with Gasteiger partial charge in [0.1, 0.15) is 6.10 Å². The van der Waals surface area contributed by atoms with Crippen molar-refractivity contribution in [2.24, 2.45) is 0 Å². The first-order valence-electron chi connectivity index (χ1n) is 11.4. The lowest BCUT2D eigenvalue weighted by Crippen LogP contribution is -2.28. The van der Waals surface area contributed by atoms with Crippen molar-refractivity contribution in [1.29, 1.82) is 0 Å². The fraction of sp³-hybridized carbons (Fsp3) is 0.560. The summed E-state index contributed by atoms with van der Waals surface area (Å²) in [6.45, 7) is 4.14. The molecular weight excluding hydrogens is 379 g/mol. The number of rotatable bonds is 9. The van der Waals surface area contributed by atoms with Crippen LogP contribution in [-0.4, -0.2) is 28.2 Å². The highest BCUT2D eigenvalue weighted by Crippen LogP contribution is 2.35. The maximum absolute atomic E-state index is 13.8. The van der Waals surface area contributed by atoms with Gasteiger partial charge in [-0.1, -0.05) is 57.4 Å². The first-order chi connectivity index (χ1) is 14.6. The standard InChI is InChI=1S/C25H33FN2O2/c1-3-5-7-23(26)25(29)30-22-14-12-20(13-15-22)19-8-10-21(11-9-19)24-27-16-18(6-4-2)17-28-24/h8-11,16-17,20,22-23H,3-7,12-15H2,1-2H3/t20?,22?,23-/m0/s1. The molecule has 162 valence electrons. The summed E-state index contributed by atoms with van der Waals surface area (Å²) in [5.41, 5.74) is 3.47. The van der Waals surface area contributed by atoms with Crippen molar-refractivity contribution < 1.29 is 13.9 Å². The second-order valence-corrected chi connectivity index (χ2v) is 8.31. The molecule has 1 aliphatic carbocycles. The summed E-state index contributed by atoms with van der Waals surface area (Å²) in [4.78, 5) is 20.9. The minimum Gasteiger partial charge on any atom is -0.460 e. The van der Waals surface area contributed by atoms with Crippen molar-refractivity contribution in [1.82, 2.24) is 9.97 Å². The van der Waals surface area contributed by atoms with Gasteiger partial charge >= 0.3 is 5.97 Å². The van der Waals surface area contributed by atoms with E-state index in [0.717, 1.165) is 56.3 Å². The van der Waals surface area contributed by atoms with Gasteiger partial charge in [0.2, 0.25) is 0 Å². The van der Waals surface area contributed by atoms with Gasteiger partial charge < -0.3 is 4.74 Å². The van der Waals surface area contributed by atoms with E-state index in [1.165, 1.54) is 11.1 Å². The Balaban J connectivity index is 1.50. The minimum atomic E-state index is -1.48. The van der Waals surface area contributed by atoms with Crippen LogP contribution in [0.25, 0.3) is 11.4 Å². The molecule has 1 aromatic carbocycles. The van der Waals surface area contributed by atoms with Crippen LogP contribution in [0.3, 0.4) is 0 Å². The maximum Gasteiger partial charge on any atom is 0.340 e. The number of unbranched alkanes of at least 4 members (excludes halogenated alkanes) is 1. The Morgan fingerprint density at radius 1 is 1.07 bits per heavy atom. The Hall–Kier alpha value is -2.30. The van der Waals surface area contributed by atoms with E-state index < -0.39 is 12.1 Å². The monoisotopic (exact) mass is 412 g/mol. The van der Waals surface area contributed by atoms with Gasteiger partial charge in [-0.3, -0.25) is 0 Å². The summed E-state index contributed by atoms with van der Waals surface area (Å²) in [6, 6.07) is 8.46. The van der Waals surface area contributed by atoms with Crippen LogP contribution in [0.5, 0.6) is 0 Å². The Morgan fingerprint density at radius 3 is 2.33 bits per heavy atom. The number of halogens is 1. The van der Waals surface area contributed by atoms with Crippen LogP contribution in [0.1, 0.15) is 82.3 Å². The van der Waals surface area contributed by atoms with Crippen LogP contribution in [-0.2, 0) is 16.0 Å². The number of carbonyl (C=O) groups is 1. The third kappa shape index (κ3) is 6.10. The lowest BCUT2D eigenvalue weighted by atomic mass is 9.82. The van der Waals surface area contributed by atoms with Crippen molar-refractivity contribution in [2.75, 3.05) is 0 Å². The van der Waals surface area contributed by atoms with Crippen LogP contribution in [0.2, 0.25) is 0 Å². The van der Waals surface area contributed by atoms with Crippen LogP contribution < -0.4 is 0 Å². The fourth-order valence-corrected chi connectivity index (χ4v) is 4.08. The largest absolute Gasteiger partial charge is 0.460 e. The molecular formula is C25H33FN2O2. The van der Waals surface area contributed by atoms with E-state index in [1.54, 1.807) is 0 Å². The number of aryl methyl sites for hydroxylation is 1. The molecule has 5 heteroatoms. The second-order valence-electron chi connectivity index (χ2n) is 8.31. The summed E-state index contributed by atoms with van der Waals surface area (Å²) in [5, 5.41) is 0. The Labute approximate surface area is 179 Å². The zero-order valence-electron chi connectivity index (χ0n) is 18.1. The molecule has 1 aromatic heterocycles. The molecule has 0 aliphatic heterocycles. The van der Waals surface area contributed by atoms with Gasteiger partial charge in [-0.25, -0.2) is 19.2 Å². The molecule has 0 N–H and O–H groups in total. The summed E-state index contributed by atoms with van der Waals surface area (Å²) in [7, 11) is 0. The number of hydrogen-bond donors (Lipinski definition) is 0. The van der Waals surface area contributed by atoms with E-state index in [9.17, 15) is 9.18 Å². The quantitative estimate of drug-likeness (QED) is 0.461. The van der Waals surface area contributed by atoms with Crippen molar-refractivity contribution in [3.8, 4) is 11.4 Å². The van der Waals surface area contributed by atoms with Gasteiger partial charge in [0.05, 0.1) is 0 Å². The van der Waals surface area contributed by atoms with E-state index in [2.05, 4.69) is 41.2 Å². The first kappa shape index (κ1) is 22.4. The smallest absolute Gasteiger partial charge is 0.340 e. The van der Waals surface area contributed by atoms with Crippen LogP contribution in [0, 0.1) is 0 Å².